The van der Waals surface area contributed by atoms with E-state index in [1.54, 1.807) is 0 Å². The van der Waals surface area contributed by atoms with Crippen molar-refractivity contribution in [3.63, 3.8) is 0 Å². The minimum absolute atomic E-state index is 0. The fourth-order valence-electron chi connectivity index (χ4n) is 7.21. The summed E-state index contributed by atoms with van der Waals surface area (Å²) in [5.74, 6) is 4.93. The Morgan fingerprint density at radius 2 is 0.655 bits per heavy atom. The van der Waals surface area contributed by atoms with Crippen LogP contribution in [-0.4, -0.2) is 12.3 Å². The smallest absolute Gasteiger partial charge is 0.366 e. The van der Waals surface area contributed by atoms with E-state index in [2.05, 4.69) is 151 Å². The van der Waals surface area contributed by atoms with Gasteiger partial charge in [-0.25, -0.2) is 0 Å². The van der Waals surface area contributed by atoms with Crippen molar-refractivity contribution in [2.75, 3.05) is 12.3 Å². The van der Waals surface area contributed by atoms with E-state index in [4.69, 9.17) is 12.8 Å². The van der Waals surface area contributed by atoms with E-state index in [-0.39, 0.29) is 44.8 Å². The van der Waals surface area contributed by atoms with Crippen molar-refractivity contribution >= 4 is 69.4 Å². The summed E-state index contributed by atoms with van der Waals surface area (Å²) in [6, 6.07) is 76.8. The van der Waals surface area contributed by atoms with Crippen LogP contribution in [0.15, 0.2) is 218 Å². The van der Waals surface area contributed by atoms with E-state index < -0.39 is 15.8 Å². The maximum absolute atomic E-state index is 7.35. The van der Waals surface area contributed by atoms with Crippen molar-refractivity contribution in [1.82, 2.24) is 0 Å². The Kier molecular flexibility index (Phi) is 17.6. The predicted molar refractivity (Wildman–Crippen MR) is 249 cm³/mol. The number of fused-ring (bicyclic) bond motifs is 4. The molecule has 9 aromatic carbocycles. The van der Waals surface area contributed by atoms with E-state index in [0.717, 1.165) is 32.7 Å². The van der Waals surface area contributed by atoms with Gasteiger partial charge in [0.1, 0.15) is 12.3 Å². The van der Waals surface area contributed by atoms with E-state index in [0.29, 0.717) is 0 Å². The molecular weight excluding hydrogens is 926 g/mol. The van der Waals surface area contributed by atoms with Crippen LogP contribution in [0, 0.1) is 24.7 Å². The maximum atomic E-state index is 7.35. The summed E-state index contributed by atoms with van der Waals surface area (Å²) in [5.41, 5.74) is 1.71. The summed E-state index contributed by atoms with van der Waals surface area (Å²) in [7, 11) is -1.57. The average molecular weight is 969 g/mol. The molecule has 0 unspecified atom stereocenters. The van der Waals surface area contributed by atoms with Gasteiger partial charge in [0.2, 0.25) is 0 Å². The normalized spacial score (nSPS) is 10.2. The molecule has 0 atom stereocenters. The van der Waals surface area contributed by atoms with Crippen LogP contribution in [0.5, 0.6) is 0 Å². The molecule has 0 radical (unpaired) electrons. The van der Waals surface area contributed by atoms with Gasteiger partial charge in [-0.15, -0.1) is 23.3 Å². The maximum Gasteiger partial charge on any atom is 1.00 e. The molecule has 9 aromatic rings. The van der Waals surface area contributed by atoms with Crippen LogP contribution in [-0.2, 0) is 44.8 Å². The zero-order valence-electron chi connectivity index (χ0n) is 31.8. The molecule has 0 aromatic heterocycles. The van der Waals surface area contributed by atoms with E-state index in [1.165, 1.54) is 44.3 Å². The van der Waals surface area contributed by atoms with Crippen LogP contribution in [0.4, 0.5) is 0 Å². The number of benzene rings is 9. The quantitative estimate of drug-likeness (QED) is 0.0491. The number of hydrogen-bond acceptors (Lipinski definition) is 0. The van der Waals surface area contributed by atoms with Crippen LogP contribution in [0.2, 0.25) is 0 Å². The molecule has 0 aliphatic rings. The summed E-state index contributed by atoms with van der Waals surface area (Å²) in [5, 5.41) is 13.0. The van der Waals surface area contributed by atoms with Gasteiger partial charge >= 0.3 is 44.8 Å². The fraction of sp³-hybridized carbons (Fsp3) is 0.0370. The molecule has 0 fully saturated rings. The number of hydrogen-bond donors (Lipinski definition) is 0. The fourth-order valence-corrected chi connectivity index (χ4v) is 13.4. The van der Waals surface area contributed by atoms with Gasteiger partial charge in [0.15, 0.2) is 0 Å². The van der Waals surface area contributed by atoms with Crippen molar-refractivity contribution < 1.29 is 44.8 Å². The van der Waals surface area contributed by atoms with Gasteiger partial charge in [0.25, 0.3) is 0 Å². The summed E-state index contributed by atoms with van der Waals surface area (Å²) >= 11 is 0. The van der Waals surface area contributed by atoms with Gasteiger partial charge in [-0.05, 0) is 70.1 Å². The topological polar surface area (TPSA) is 0 Å². The van der Waals surface area contributed by atoms with E-state index in [1.807, 2.05) is 78.9 Å². The zero-order chi connectivity index (χ0) is 38.4. The molecule has 0 aliphatic heterocycles. The molecule has 4 heteroatoms. The Morgan fingerprint density at radius 3 is 1.10 bits per heavy atom. The van der Waals surface area contributed by atoms with Gasteiger partial charge in [-0.2, -0.15) is 0 Å². The van der Waals surface area contributed by atoms with Gasteiger partial charge in [0.05, 0.1) is 37.1 Å². The molecule has 0 amide bonds. The van der Waals surface area contributed by atoms with Crippen LogP contribution < -0.4 is 21.2 Å². The minimum Gasteiger partial charge on any atom is -0.366 e. The molecule has 288 valence electrons. The van der Waals surface area contributed by atoms with Crippen LogP contribution >= 0.6 is 15.8 Å². The Morgan fingerprint density at radius 1 is 0.310 bits per heavy atom. The van der Waals surface area contributed by atoms with Crippen molar-refractivity contribution in [2.24, 2.45) is 0 Å². The predicted octanol–water partition coefficient (Wildman–Crippen LogP) is 11.4. The summed E-state index contributed by atoms with van der Waals surface area (Å²) in [4.78, 5) is 0. The summed E-state index contributed by atoms with van der Waals surface area (Å²) < 4.78 is 0. The van der Waals surface area contributed by atoms with Gasteiger partial charge < -0.3 is 12.8 Å². The first-order valence-electron chi connectivity index (χ1n) is 18.9. The van der Waals surface area contributed by atoms with Crippen LogP contribution in [0.1, 0.15) is 11.1 Å². The first-order valence-corrected chi connectivity index (χ1v) is 22.3. The first kappa shape index (κ1) is 44.3. The van der Waals surface area contributed by atoms with Crippen molar-refractivity contribution in [3.8, 4) is 11.8 Å². The minimum atomic E-state index is -0.783. The third kappa shape index (κ3) is 11.2. The molecule has 0 heterocycles. The van der Waals surface area contributed by atoms with E-state index >= 15 is 0 Å². The Balaban J connectivity index is 0.000000180. The third-order valence-electron chi connectivity index (χ3n) is 9.94. The van der Waals surface area contributed by atoms with Crippen molar-refractivity contribution in [1.29, 1.82) is 0 Å². The Hall–Kier alpha value is -4.78. The summed E-state index contributed by atoms with van der Waals surface area (Å²) in [6.07, 6.45) is 16.9. The van der Waals surface area contributed by atoms with Gasteiger partial charge in [0, 0.05) is 0 Å². The molecule has 0 saturated carbocycles. The average Bonchev–Trinajstić information content (AvgIpc) is 3.29. The second kappa shape index (κ2) is 23.0. The Bertz CT molecular complexity index is 2560. The molecule has 0 N–H and O–H groups in total. The molecule has 58 heavy (non-hydrogen) atoms. The third-order valence-corrected chi connectivity index (χ3v) is 16.1. The second-order valence-corrected chi connectivity index (χ2v) is 18.6. The molecule has 0 nitrogen and oxygen atoms in total. The first-order chi connectivity index (χ1) is 27.7. The second-order valence-electron chi connectivity index (χ2n) is 13.4. The van der Waals surface area contributed by atoms with E-state index in [9.17, 15) is 0 Å². The largest absolute Gasteiger partial charge is 1.00 e. The standard InChI is InChI=1S/C26H24P2.C16H9.C12H7.2Ag/c1-5-13-23(14-6-1)27(24-15-7-2-8-16-24)21-22-28(25-17-9-3-10-18-25)26-19-11-4-12-20-26;1-2-12-11-13-7-3-4-9-15(13)16-10-6-5-8-14(12)16;1-2-10-7-5-8-11-6-3-4-9-12(10)11;;/h1-20H,21-22H2;3-11H;3-9H;;/q;2*-1;2*+1/p+2. The monoisotopic (exact) mass is 966 g/mol. The molecule has 0 saturated heterocycles. The van der Waals surface area contributed by atoms with Gasteiger partial charge in [-0.3, -0.25) is 11.8 Å². The molecule has 0 spiro atoms. The number of rotatable bonds is 7. The summed E-state index contributed by atoms with van der Waals surface area (Å²) in [6.45, 7) is 0. The van der Waals surface area contributed by atoms with Crippen LogP contribution in [0.25, 0.3) is 32.3 Å². The van der Waals surface area contributed by atoms with Crippen molar-refractivity contribution in [3.05, 3.63) is 242 Å². The van der Waals surface area contributed by atoms with Crippen LogP contribution in [0.3, 0.4) is 0 Å². The molecule has 0 bridgehead atoms. The van der Waals surface area contributed by atoms with Crippen molar-refractivity contribution in [2.45, 2.75) is 0 Å². The van der Waals surface area contributed by atoms with Gasteiger partial charge in [-0.1, -0.05) is 168 Å². The zero-order valence-corrected chi connectivity index (χ0v) is 36.8. The Labute approximate surface area is 377 Å². The molecular formula is C54H42Ag2P2+2. The SMILES string of the molecule is [Ag+].[Ag+].[C-]#Cc1cc2ccccc2c2ccccc12.[C-]#Cc1cccc2ccccc12.c1ccc([PH+](CC[PH+](c2ccccc2)c2ccccc2)c2ccccc2)cc1. The molecule has 9 rings (SSSR count). The molecule has 0 aliphatic carbocycles.